The molecule has 9 heteroatoms. The number of amides is 3. The van der Waals surface area contributed by atoms with E-state index in [0.29, 0.717) is 0 Å². The Morgan fingerprint density at radius 3 is 2.41 bits per heavy atom. The average molecular weight is 404 g/mol. The highest BCUT2D eigenvalue weighted by Crippen LogP contribution is 2.31. The molecule has 29 heavy (non-hydrogen) atoms. The van der Waals surface area contributed by atoms with Gasteiger partial charge in [0.25, 0.3) is 5.91 Å². The number of piperazine rings is 1. The number of rotatable bonds is 6. The van der Waals surface area contributed by atoms with Crippen LogP contribution < -0.4 is 5.32 Å². The number of carbonyl (C=O) groups excluding carboxylic acids is 2. The van der Waals surface area contributed by atoms with E-state index in [0.717, 1.165) is 56.8 Å². The van der Waals surface area contributed by atoms with Gasteiger partial charge in [-0.05, 0) is 25.8 Å². The zero-order valence-electron chi connectivity index (χ0n) is 18.0. The molecule has 9 nitrogen and oxygen atoms in total. The highest BCUT2D eigenvalue weighted by atomic mass is 16.2. The van der Waals surface area contributed by atoms with Crippen LogP contribution >= 0.6 is 0 Å². The minimum atomic E-state index is -0.475. The number of hydrogen-bond acceptors (Lipinski definition) is 7. The van der Waals surface area contributed by atoms with Gasteiger partial charge in [0.2, 0.25) is 5.96 Å². The molecule has 0 saturated carbocycles. The molecule has 160 valence electrons. The number of urea groups is 1. The van der Waals surface area contributed by atoms with Gasteiger partial charge in [0.15, 0.2) is 12.2 Å². The first-order valence-electron chi connectivity index (χ1n) is 10.7. The van der Waals surface area contributed by atoms with Gasteiger partial charge in [0, 0.05) is 58.2 Å². The lowest BCUT2D eigenvalue weighted by Crippen LogP contribution is -2.62. The molecule has 0 aliphatic carbocycles. The van der Waals surface area contributed by atoms with Crippen molar-refractivity contribution in [3.8, 4) is 0 Å². The molecular formula is C20H33N7O2. The maximum atomic E-state index is 12.4. The highest BCUT2D eigenvalue weighted by molar-refractivity contribution is 6.04. The van der Waals surface area contributed by atoms with E-state index in [2.05, 4.69) is 40.8 Å². The van der Waals surface area contributed by atoms with Crippen molar-refractivity contribution in [2.75, 3.05) is 52.9 Å². The van der Waals surface area contributed by atoms with Crippen molar-refractivity contribution in [3.05, 3.63) is 11.9 Å². The molecule has 1 N–H and O–H groups in total. The fraction of sp³-hybridized carbons (Fsp3) is 0.750. The molecule has 0 aromatic rings. The summed E-state index contributed by atoms with van der Waals surface area (Å²) >= 11 is 0. The Morgan fingerprint density at radius 2 is 1.76 bits per heavy atom. The van der Waals surface area contributed by atoms with E-state index < -0.39 is 12.2 Å². The number of allylic oxidation sites excluding steroid dienone is 1. The van der Waals surface area contributed by atoms with Gasteiger partial charge in [-0.25, -0.2) is 9.79 Å². The van der Waals surface area contributed by atoms with Gasteiger partial charge in [-0.15, -0.1) is 0 Å². The third-order valence-electron chi connectivity index (χ3n) is 6.40. The van der Waals surface area contributed by atoms with Gasteiger partial charge in [-0.1, -0.05) is 13.8 Å². The fourth-order valence-electron chi connectivity index (χ4n) is 4.44. The lowest BCUT2D eigenvalue weighted by Gasteiger charge is -2.36. The van der Waals surface area contributed by atoms with Crippen molar-refractivity contribution >= 4 is 17.9 Å². The Hall–Kier alpha value is -2.13. The lowest BCUT2D eigenvalue weighted by molar-refractivity contribution is -0.126. The highest BCUT2D eigenvalue weighted by Gasteiger charge is 2.51. The largest absolute Gasteiger partial charge is 0.325 e. The molecule has 2 atom stereocenters. The Morgan fingerprint density at radius 1 is 1.10 bits per heavy atom. The zero-order valence-corrected chi connectivity index (χ0v) is 18.0. The average Bonchev–Trinajstić information content (AvgIpc) is 3.19. The van der Waals surface area contributed by atoms with Crippen molar-refractivity contribution in [1.82, 2.24) is 29.8 Å². The molecule has 2 unspecified atom stereocenters. The summed E-state index contributed by atoms with van der Waals surface area (Å²) in [6.07, 6.45) is 2.79. The number of nitrogens with zero attached hydrogens (tertiary/aromatic N) is 6. The molecule has 4 aliphatic heterocycles. The predicted molar refractivity (Wildman–Crippen MR) is 111 cm³/mol. The molecule has 2 saturated heterocycles. The SMILES string of the molecule is CC1=CN2C(=NC3C2C(=O)NC(=O)N3C)N1CCN1CCN(CCC(C)C)CC1. The van der Waals surface area contributed by atoms with Crippen LogP contribution in [0.25, 0.3) is 0 Å². The third kappa shape index (κ3) is 3.85. The molecule has 0 aromatic carbocycles. The normalized spacial score (nSPS) is 28.0. The summed E-state index contributed by atoms with van der Waals surface area (Å²) in [7, 11) is 1.69. The quantitative estimate of drug-likeness (QED) is 0.691. The van der Waals surface area contributed by atoms with E-state index in [1.807, 2.05) is 11.1 Å². The van der Waals surface area contributed by atoms with Crippen molar-refractivity contribution in [3.63, 3.8) is 0 Å². The van der Waals surface area contributed by atoms with E-state index in [4.69, 9.17) is 4.99 Å². The van der Waals surface area contributed by atoms with Crippen LogP contribution in [0.1, 0.15) is 27.2 Å². The maximum Gasteiger partial charge on any atom is 0.325 e. The second-order valence-corrected chi connectivity index (χ2v) is 8.89. The van der Waals surface area contributed by atoms with Crippen LogP contribution in [0.5, 0.6) is 0 Å². The smallest absolute Gasteiger partial charge is 0.313 e. The number of aliphatic imine (C=N–C) groups is 1. The number of imide groups is 1. The first-order valence-corrected chi connectivity index (χ1v) is 10.7. The van der Waals surface area contributed by atoms with Crippen molar-refractivity contribution in [1.29, 1.82) is 0 Å². The van der Waals surface area contributed by atoms with Gasteiger partial charge >= 0.3 is 6.03 Å². The van der Waals surface area contributed by atoms with E-state index >= 15 is 0 Å². The lowest BCUT2D eigenvalue weighted by atomic mass is 10.1. The van der Waals surface area contributed by atoms with Crippen LogP contribution in [-0.2, 0) is 4.79 Å². The Labute approximate surface area is 173 Å². The minimum Gasteiger partial charge on any atom is -0.313 e. The van der Waals surface area contributed by atoms with Crippen molar-refractivity contribution in [2.45, 2.75) is 39.4 Å². The van der Waals surface area contributed by atoms with Crippen LogP contribution in [0, 0.1) is 5.92 Å². The van der Waals surface area contributed by atoms with Crippen LogP contribution in [-0.4, -0.2) is 107 Å². The number of carbonyl (C=O) groups is 2. The second-order valence-electron chi connectivity index (χ2n) is 8.89. The minimum absolute atomic E-state index is 0.278. The summed E-state index contributed by atoms with van der Waals surface area (Å²) in [6, 6.07) is -0.860. The fourth-order valence-corrected chi connectivity index (χ4v) is 4.44. The number of nitrogens with one attached hydrogen (secondary N) is 1. The summed E-state index contributed by atoms with van der Waals surface area (Å²) in [5.74, 6) is 1.26. The van der Waals surface area contributed by atoms with E-state index in [-0.39, 0.29) is 11.9 Å². The van der Waals surface area contributed by atoms with Gasteiger partial charge in [-0.3, -0.25) is 15.0 Å². The number of hydrogen-bond donors (Lipinski definition) is 1. The predicted octanol–water partition coefficient (Wildman–Crippen LogP) is 0.375. The maximum absolute atomic E-state index is 12.4. The molecule has 3 amide bonds. The van der Waals surface area contributed by atoms with Crippen LogP contribution in [0.2, 0.25) is 0 Å². The molecule has 0 bridgehead atoms. The number of fused-ring (bicyclic) bond motifs is 3. The van der Waals surface area contributed by atoms with Gasteiger partial charge in [0.05, 0.1) is 0 Å². The van der Waals surface area contributed by atoms with Crippen molar-refractivity contribution < 1.29 is 9.59 Å². The Balaban J connectivity index is 1.33. The van der Waals surface area contributed by atoms with Crippen LogP contribution in [0.4, 0.5) is 4.79 Å². The van der Waals surface area contributed by atoms with Gasteiger partial charge in [-0.2, -0.15) is 0 Å². The summed E-state index contributed by atoms with van der Waals surface area (Å²) < 4.78 is 0. The molecule has 0 radical (unpaired) electrons. The van der Waals surface area contributed by atoms with Gasteiger partial charge < -0.3 is 19.6 Å². The molecule has 4 heterocycles. The van der Waals surface area contributed by atoms with E-state index in [9.17, 15) is 9.59 Å². The van der Waals surface area contributed by atoms with Gasteiger partial charge in [0.1, 0.15) is 0 Å². The second kappa shape index (κ2) is 7.95. The summed E-state index contributed by atoms with van der Waals surface area (Å²) in [5, 5.41) is 2.42. The summed E-state index contributed by atoms with van der Waals surface area (Å²) in [6.45, 7) is 14.1. The standard InChI is InChI=1S/C20H33N7O2/c1-14(2)5-6-24-7-9-25(10-8-24)11-12-26-15(3)13-27-16-17(21-19(26)27)23(4)20(29)22-18(16)28/h13-14,16-17H,5-12H2,1-4H3,(H,22,28,29). The Kier molecular flexibility index (Phi) is 5.52. The van der Waals surface area contributed by atoms with E-state index in [1.165, 1.54) is 17.9 Å². The third-order valence-corrected chi connectivity index (χ3v) is 6.40. The van der Waals surface area contributed by atoms with Crippen LogP contribution in [0.3, 0.4) is 0 Å². The van der Waals surface area contributed by atoms with E-state index in [1.54, 1.807) is 7.05 Å². The molecule has 2 fully saturated rings. The monoisotopic (exact) mass is 403 g/mol. The first kappa shape index (κ1) is 20.2. The Bertz CT molecular complexity index is 726. The van der Waals surface area contributed by atoms with Crippen molar-refractivity contribution in [2.24, 2.45) is 10.9 Å². The topological polar surface area (TPSA) is 74.7 Å². The number of likely N-dealkylation sites (N-methyl/N-ethyl adjacent to an activating group) is 1. The molecule has 4 aliphatic rings. The zero-order chi connectivity index (χ0) is 20.7. The summed E-state index contributed by atoms with van der Waals surface area (Å²) in [4.78, 5) is 39.7. The first-order chi connectivity index (χ1) is 13.8. The molecule has 0 aromatic heterocycles. The molecule has 0 spiro atoms. The summed E-state index contributed by atoms with van der Waals surface area (Å²) in [5.41, 5.74) is 1.09. The van der Waals surface area contributed by atoms with Crippen LogP contribution in [0.15, 0.2) is 16.9 Å². The molecule has 4 rings (SSSR count). The molecular weight excluding hydrogens is 370 g/mol. The number of guanidine groups is 1.